The number of hydrogen-bond donors (Lipinski definition) is 1. The summed E-state index contributed by atoms with van der Waals surface area (Å²) >= 11 is 0. The molecule has 0 amide bonds. The number of hydrogen-bond acceptors (Lipinski definition) is 4. The van der Waals surface area contributed by atoms with Gasteiger partial charge in [0, 0.05) is 18.8 Å². The van der Waals surface area contributed by atoms with Crippen LogP contribution in [0.3, 0.4) is 0 Å². The molecule has 4 nitrogen and oxygen atoms in total. The number of ether oxygens (including phenoxy) is 1. The molecular weight excluding hydrogens is 214 g/mol. The molecule has 1 saturated heterocycles. The van der Waals surface area contributed by atoms with Crippen LogP contribution in [0.1, 0.15) is 31.9 Å². The first-order chi connectivity index (χ1) is 8.22. The summed E-state index contributed by atoms with van der Waals surface area (Å²) in [5, 5.41) is 0. The van der Waals surface area contributed by atoms with Gasteiger partial charge in [-0.3, -0.25) is 0 Å². The van der Waals surface area contributed by atoms with Crippen molar-refractivity contribution in [1.82, 2.24) is 4.98 Å². The Morgan fingerprint density at radius 1 is 1.65 bits per heavy atom. The SMILES string of the molecule is CCC1COCCN1c1cc([C@@H](C)N)ccn1. The molecule has 1 fully saturated rings. The minimum atomic E-state index is 0.0536. The van der Waals surface area contributed by atoms with Crippen molar-refractivity contribution in [2.75, 3.05) is 24.7 Å². The fourth-order valence-electron chi connectivity index (χ4n) is 2.17. The van der Waals surface area contributed by atoms with Gasteiger partial charge in [-0.2, -0.15) is 0 Å². The van der Waals surface area contributed by atoms with Crippen LogP contribution in [0.4, 0.5) is 5.82 Å². The first kappa shape index (κ1) is 12.3. The quantitative estimate of drug-likeness (QED) is 0.866. The third-order valence-electron chi connectivity index (χ3n) is 3.29. The van der Waals surface area contributed by atoms with Gasteiger partial charge in [-0.25, -0.2) is 4.98 Å². The topological polar surface area (TPSA) is 51.4 Å². The summed E-state index contributed by atoms with van der Waals surface area (Å²) in [6, 6.07) is 4.56. The molecule has 1 aliphatic rings. The first-order valence-electron chi connectivity index (χ1n) is 6.28. The summed E-state index contributed by atoms with van der Waals surface area (Å²) in [4.78, 5) is 6.79. The Bertz CT molecular complexity index is 367. The van der Waals surface area contributed by atoms with Gasteiger partial charge in [0.15, 0.2) is 0 Å². The van der Waals surface area contributed by atoms with E-state index in [1.807, 2.05) is 19.2 Å². The maximum atomic E-state index is 5.91. The lowest BCUT2D eigenvalue weighted by atomic mass is 10.1. The molecule has 4 heteroatoms. The van der Waals surface area contributed by atoms with E-state index in [9.17, 15) is 0 Å². The number of nitrogens with zero attached hydrogens (tertiary/aromatic N) is 2. The largest absolute Gasteiger partial charge is 0.377 e. The van der Waals surface area contributed by atoms with Gasteiger partial charge in [0.1, 0.15) is 5.82 Å². The van der Waals surface area contributed by atoms with Crippen LogP contribution in [-0.2, 0) is 4.74 Å². The second-order valence-electron chi connectivity index (χ2n) is 4.57. The van der Waals surface area contributed by atoms with Crippen LogP contribution in [0.25, 0.3) is 0 Å². The fourth-order valence-corrected chi connectivity index (χ4v) is 2.17. The Labute approximate surface area is 103 Å². The third kappa shape index (κ3) is 2.76. The van der Waals surface area contributed by atoms with Crippen molar-refractivity contribution in [3.8, 4) is 0 Å². The third-order valence-corrected chi connectivity index (χ3v) is 3.29. The van der Waals surface area contributed by atoms with E-state index in [-0.39, 0.29) is 6.04 Å². The molecule has 17 heavy (non-hydrogen) atoms. The van der Waals surface area contributed by atoms with Crippen LogP contribution in [-0.4, -0.2) is 30.8 Å². The van der Waals surface area contributed by atoms with Crippen molar-refractivity contribution in [2.45, 2.75) is 32.4 Å². The lowest BCUT2D eigenvalue weighted by Gasteiger charge is -2.36. The zero-order valence-corrected chi connectivity index (χ0v) is 10.6. The van der Waals surface area contributed by atoms with E-state index in [1.165, 1.54) is 0 Å². The van der Waals surface area contributed by atoms with Gasteiger partial charge in [-0.1, -0.05) is 6.92 Å². The highest BCUT2D eigenvalue weighted by molar-refractivity contribution is 5.43. The minimum absolute atomic E-state index is 0.0536. The maximum Gasteiger partial charge on any atom is 0.129 e. The van der Waals surface area contributed by atoms with Gasteiger partial charge in [0.25, 0.3) is 0 Å². The van der Waals surface area contributed by atoms with Gasteiger partial charge in [-0.05, 0) is 31.0 Å². The van der Waals surface area contributed by atoms with E-state index in [0.717, 1.165) is 37.6 Å². The van der Waals surface area contributed by atoms with Gasteiger partial charge < -0.3 is 15.4 Å². The number of morpholine rings is 1. The number of aromatic nitrogens is 1. The van der Waals surface area contributed by atoms with Crippen molar-refractivity contribution in [1.29, 1.82) is 0 Å². The maximum absolute atomic E-state index is 5.91. The van der Waals surface area contributed by atoms with E-state index in [0.29, 0.717) is 6.04 Å². The molecule has 94 valence electrons. The highest BCUT2D eigenvalue weighted by Crippen LogP contribution is 2.21. The molecule has 2 N–H and O–H groups in total. The monoisotopic (exact) mass is 235 g/mol. The van der Waals surface area contributed by atoms with Crippen molar-refractivity contribution in [2.24, 2.45) is 5.73 Å². The molecule has 1 aliphatic heterocycles. The zero-order chi connectivity index (χ0) is 12.3. The fraction of sp³-hybridized carbons (Fsp3) is 0.615. The van der Waals surface area contributed by atoms with Crippen LogP contribution < -0.4 is 10.6 Å². The molecule has 0 saturated carbocycles. The normalized spacial score (nSPS) is 22.5. The summed E-state index contributed by atoms with van der Waals surface area (Å²) in [6.07, 6.45) is 2.92. The Hall–Kier alpha value is -1.13. The molecule has 1 aromatic rings. The van der Waals surface area contributed by atoms with Crippen LogP contribution >= 0.6 is 0 Å². The smallest absolute Gasteiger partial charge is 0.129 e. The molecule has 0 aliphatic carbocycles. The van der Waals surface area contributed by atoms with E-state index >= 15 is 0 Å². The van der Waals surface area contributed by atoms with E-state index in [4.69, 9.17) is 10.5 Å². The van der Waals surface area contributed by atoms with Crippen molar-refractivity contribution in [3.63, 3.8) is 0 Å². The molecule has 1 unspecified atom stereocenters. The van der Waals surface area contributed by atoms with Crippen LogP contribution in [0.5, 0.6) is 0 Å². The predicted octanol–water partition coefficient (Wildman–Crippen LogP) is 1.72. The second-order valence-corrected chi connectivity index (χ2v) is 4.57. The first-order valence-corrected chi connectivity index (χ1v) is 6.28. The summed E-state index contributed by atoms with van der Waals surface area (Å²) in [5.41, 5.74) is 7.04. The Morgan fingerprint density at radius 3 is 3.18 bits per heavy atom. The summed E-state index contributed by atoms with van der Waals surface area (Å²) in [6.45, 7) is 6.66. The lowest BCUT2D eigenvalue weighted by molar-refractivity contribution is 0.0925. The van der Waals surface area contributed by atoms with Crippen LogP contribution in [0.15, 0.2) is 18.3 Å². The Morgan fingerprint density at radius 2 is 2.47 bits per heavy atom. The number of anilines is 1. The van der Waals surface area contributed by atoms with Crippen molar-refractivity contribution >= 4 is 5.82 Å². The van der Waals surface area contributed by atoms with Crippen molar-refractivity contribution < 1.29 is 4.74 Å². The van der Waals surface area contributed by atoms with E-state index in [1.54, 1.807) is 0 Å². The van der Waals surface area contributed by atoms with Gasteiger partial charge in [-0.15, -0.1) is 0 Å². The summed E-state index contributed by atoms with van der Waals surface area (Å²) < 4.78 is 5.51. The Balaban J connectivity index is 2.22. The molecular formula is C13H21N3O. The van der Waals surface area contributed by atoms with Gasteiger partial charge >= 0.3 is 0 Å². The molecule has 0 spiro atoms. The second kappa shape index (κ2) is 5.47. The lowest BCUT2D eigenvalue weighted by Crippen LogP contribution is -2.45. The highest BCUT2D eigenvalue weighted by atomic mass is 16.5. The van der Waals surface area contributed by atoms with E-state index < -0.39 is 0 Å². The molecule has 2 heterocycles. The Kier molecular flexibility index (Phi) is 3.97. The average Bonchev–Trinajstić information content (AvgIpc) is 2.39. The summed E-state index contributed by atoms with van der Waals surface area (Å²) in [5.74, 6) is 1.02. The number of nitrogens with two attached hydrogens (primary N) is 1. The van der Waals surface area contributed by atoms with Crippen LogP contribution in [0.2, 0.25) is 0 Å². The number of rotatable bonds is 3. The van der Waals surface area contributed by atoms with Gasteiger partial charge in [0.2, 0.25) is 0 Å². The number of pyridine rings is 1. The molecule has 2 atom stereocenters. The average molecular weight is 235 g/mol. The van der Waals surface area contributed by atoms with E-state index in [2.05, 4.69) is 22.9 Å². The molecule has 0 aromatic carbocycles. The van der Waals surface area contributed by atoms with Crippen molar-refractivity contribution in [3.05, 3.63) is 23.9 Å². The molecule has 0 radical (unpaired) electrons. The minimum Gasteiger partial charge on any atom is -0.377 e. The zero-order valence-electron chi connectivity index (χ0n) is 10.6. The highest BCUT2D eigenvalue weighted by Gasteiger charge is 2.22. The standard InChI is InChI=1S/C13H21N3O/c1-3-12-9-17-7-6-16(12)13-8-11(10(2)14)4-5-15-13/h4-5,8,10,12H,3,6-7,9,14H2,1-2H3/t10-,12?/m1/s1. The van der Waals surface area contributed by atoms with Gasteiger partial charge in [0.05, 0.1) is 19.3 Å². The predicted molar refractivity (Wildman–Crippen MR) is 69.1 cm³/mol. The molecule has 2 rings (SSSR count). The van der Waals surface area contributed by atoms with Crippen LogP contribution in [0, 0.1) is 0 Å². The molecule has 1 aromatic heterocycles. The molecule has 0 bridgehead atoms. The summed E-state index contributed by atoms with van der Waals surface area (Å²) in [7, 11) is 0.